The predicted octanol–water partition coefficient (Wildman–Crippen LogP) is 7.07. The van der Waals surface area contributed by atoms with E-state index in [9.17, 15) is 0 Å². The first-order valence-corrected chi connectivity index (χ1v) is 13.5. The molecule has 0 radical (unpaired) electrons. The molecule has 0 saturated carbocycles. The number of fused-ring (bicyclic) bond motifs is 3. The molecule has 0 N–H and O–H groups in total. The Balaban J connectivity index is 1.38. The van der Waals surface area contributed by atoms with Gasteiger partial charge in [-0.05, 0) is 45.3 Å². The number of para-hydroxylation sites is 1. The minimum Gasteiger partial charge on any atom is -0.455 e. The molecule has 0 bridgehead atoms. The van der Waals surface area contributed by atoms with E-state index in [0.717, 1.165) is 44.1 Å². The number of aromatic nitrogens is 3. The monoisotopic (exact) mass is 525 g/mol. The van der Waals surface area contributed by atoms with E-state index in [1.807, 2.05) is 78.9 Å². The normalized spacial score (nSPS) is 16.1. The SMILES string of the molecule is CC1(C)OB(c2ccc3c(c2)oc2c(-c4nc(-c5ccccc5)nc(-c5ccccc5)n4)cccc23)OC1(C)C. The molecule has 2 aromatic heterocycles. The number of hydrogen-bond acceptors (Lipinski definition) is 6. The smallest absolute Gasteiger partial charge is 0.455 e. The molecular weight excluding hydrogens is 497 g/mol. The largest absolute Gasteiger partial charge is 0.494 e. The summed E-state index contributed by atoms with van der Waals surface area (Å²) >= 11 is 0. The second-order valence-corrected chi connectivity index (χ2v) is 11.2. The fraction of sp³-hybridized carbons (Fsp3) is 0.182. The molecule has 0 spiro atoms. The van der Waals surface area contributed by atoms with Crippen molar-refractivity contribution in [2.24, 2.45) is 0 Å². The molecule has 0 unspecified atom stereocenters. The van der Waals surface area contributed by atoms with Gasteiger partial charge in [0.05, 0.1) is 16.8 Å². The van der Waals surface area contributed by atoms with E-state index in [2.05, 4.69) is 45.9 Å². The Labute approximate surface area is 233 Å². The highest BCUT2D eigenvalue weighted by molar-refractivity contribution is 6.62. The van der Waals surface area contributed by atoms with E-state index < -0.39 is 18.3 Å². The number of hydrogen-bond donors (Lipinski definition) is 0. The maximum Gasteiger partial charge on any atom is 0.494 e. The third-order valence-electron chi connectivity index (χ3n) is 7.99. The van der Waals surface area contributed by atoms with Gasteiger partial charge in [0.1, 0.15) is 11.2 Å². The van der Waals surface area contributed by atoms with Crippen LogP contribution < -0.4 is 5.46 Å². The summed E-state index contributed by atoms with van der Waals surface area (Å²) in [6, 6.07) is 32.2. The lowest BCUT2D eigenvalue weighted by molar-refractivity contribution is 0.00578. The van der Waals surface area contributed by atoms with Crippen LogP contribution in [0.1, 0.15) is 27.7 Å². The van der Waals surface area contributed by atoms with Crippen molar-refractivity contribution in [2.75, 3.05) is 0 Å². The van der Waals surface area contributed by atoms with Crippen molar-refractivity contribution in [2.45, 2.75) is 38.9 Å². The Morgan fingerprint density at radius 2 is 1.15 bits per heavy atom. The molecule has 0 atom stereocenters. The zero-order valence-corrected chi connectivity index (χ0v) is 22.9. The van der Waals surface area contributed by atoms with Crippen LogP contribution in [-0.2, 0) is 9.31 Å². The second-order valence-electron chi connectivity index (χ2n) is 11.2. The lowest BCUT2D eigenvalue weighted by Gasteiger charge is -2.32. The summed E-state index contributed by atoms with van der Waals surface area (Å²) in [5.74, 6) is 1.78. The molecule has 0 aliphatic carbocycles. The number of rotatable bonds is 4. The van der Waals surface area contributed by atoms with Crippen molar-refractivity contribution in [3.8, 4) is 34.2 Å². The van der Waals surface area contributed by atoms with Gasteiger partial charge < -0.3 is 13.7 Å². The van der Waals surface area contributed by atoms with Crippen LogP contribution in [0.2, 0.25) is 0 Å². The lowest BCUT2D eigenvalue weighted by atomic mass is 9.79. The zero-order valence-electron chi connectivity index (χ0n) is 22.9. The Morgan fingerprint density at radius 1 is 0.575 bits per heavy atom. The van der Waals surface area contributed by atoms with E-state index in [1.54, 1.807) is 0 Å². The number of nitrogens with zero attached hydrogens (tertiary/aromatic N) is 3. The van der Waals surface area contributed by atoms with Gasteiger partial charge in [0.2, 0.25) is 0 Å². The van der Waals surface area contributed by atoms with Gasteiger partial charge in [0.25, 0.3) is 0 Å². The predicted molar refractivity (Wildman–Crippen MR) is 159 cm³/mol. The molecule has 1 aliphatic rings. The Bertz CT molecular complexity index is 1790. The molecular formula is C33H28BN3O3. The average Bonchev–Trinajstić information content (AvgIpc) is 3.45. The highest BCUT2D eigenvalue weighted by atomic mass is 16.7. The van der Waals surface area contributed by atoms with E-state index in [0.29, 0.717) is 17.5 Å². The molecule has 1 aliphatic heterocycles. The standard InChI is InChI=1S/C33H28BN3O3/c1-32(2)33(3,4)40-34(39-32)23-18-19-24-25-16-11-17-26(28(25)38-27(24)20-23)31-36-29(21-12-7-5-8-13-21)35-30(37-31)22-14-9-6-10-15-22/h5-20H,1-4H3. The summed E-state index contributed by atoms with van der Waals surface area (Å²) in [5.41, 5.74) is 4.23. The fourth-order valence-electron chi connectivity index (χ4n) is 5.05. The first kappa shape index (κ1) is 24.7. The molecule has 3 heterocycles. The van der Waals surface area contributed by atoms with E-state index in [-0.39, 0.29) is 0 Å². The molecule has 4 aromatic carbocycles. The minimum atomic E-state index is -0.465. The molecule has 6 nitrogen and oxygen atoms in total. The van der Waals surface area contributed by atoms with Crippen molar-refractivity contribution < 1.29 is 13.7 Å². The fourth-order valence-corrected chi connectivity index (χ4v) is 5.05. The van der Waals surface area contributed by atoms with Crippen molar-refractivity contribution in [3.63, 3.8) is 0 Å². The van der Waals surface area contributed by atoms with Crippen molar-refractivity contribution >= 4 is 34.5 Å². The van der Waals surface area contributed by atoms with Crippen molar-refractivity contribution in [1.82, 2.24) is 15.0 Å². The van der Waals surface area contributed by atoms with Crippen LogP contribution in [-0.4, -0.2) is 33.3 Å². The van der Waals surface area contributed by atoms with Gasteiger partial charge in [-0.25, -0.2) is 15.0 Å². The Hall–Kier alpha value is -4.33. The van der Waals surface area contributed by atoms with Gasteiger partial charge >= 0.3 is 7.12 Å². The third-order valence-corrected chi connectivity index (χ3v) is 7.99. The first-order valence-electron chi connectivity index (χ1n) is 13.5. The summed E-state index contributed by atoms with van der Waals surface area (Å²) in [6.07, 6.45) is 0. The number of furan rings is 1. The van der Waals surface area contributed by atoms with Gasteiger partial charge in [-0.1, -0.05) is 84.9 Å². The van der Waals surface area contributed by atoms with Gasteiger partial charge in [-0.3, -0.25) is 0 Å². The summed E-state index contributed by atoms with van der Waals surface area (Å²) in [7, 11) is -0.465. The molecule has 40 heavy (non-hydrogen) atoms. The van der Waals surface area contributed by atoms with Crippen LogP contribution in [0, 0.1) is 0 Å². The third kappa shape index (κ3) is 4.10. The topological polar surface area (TPSA) is 70.3 Å². The summed E-state index contributed by atoms with van der Waals surface area (Å²) in [5, 5.41) is 2.01. The molecule has 7 heteroatoms. The van der Waals surface area contributed by atoms with Gasteiger partial charge in [0, 0.05) is 21.9 Å². The maximum absolute atomic E-state index is 6.52. The van der Waals surface area contributed by atoms with E-state index in [1.165, 1.54) is 0 Å². The molecule has 0 amide bonds. The highest BCUT2D eigenvalue weighted by Gasteiger charge is 2.51. The van der Waals surface area contributed by atoms with E-state index in [4.69, 9.17) is 28.7 Å². The summed E-state index contributed by atoms with van der Waals surface area (Å²) < 4.78 is 19.1. The summed E-state index contributed by atoms with van der Waals surface area (Å²) in [4.78, 5) is 14.6. The molecule has 1 saturated heterocycles. The number of benzene rings is 4. The quantitative estimate of drug-likeness (QED) is 0.229. The second kappa shape index (κ2) is 9.12. The molecule has 7 rings (SSSR count). The van der Waals surface area contributed by atoms with Gasteiger partial charge in [0.15, 0.2) is 17.5 Å². The molecule has 196 valence electrons. The Morgan fingerprint density at radius 3 is 1.75 bits per heavy atom. The summed E-state index contributed by atoms with van der Waals surface area (Å²) in [6.45, 7) is 8.23. The van der Waals surface area contributed by atoms with Gasteiger partial charge in [-0.15, -0.1) is 0 Å². The first-order chi connectivity index (χ1) is 19.3. The van der Waals surface area contributed by atoms with Crippen molar-refractivity contribution in [3.05, 3.63) is 97.1 Å². The van der Waals surface area contributed by atoms with Crippen LogP contribution in [0.4, 0.5) is 0 Å². The van der Waals surface area contributed by atoms with E-state index >= 15 is 0 Å². The average molecular weight is 525 g/mol. The van der Waals surface area contributed by atoms with Crippen molar-refractivity contribution in [1.29, 1.82) is 0 Å². The lowest BCUT2D eigenvalue weighted by Crippen LogP contribution is -2.41. The van der Waals surface area contributed by atoms with Gasteiger partial charge in [-0.2, -0.15) is 0 Å². The van der Waals surface area contributed by atoms with Crippen LogP contribution in [0.15, 0.2) is 101 Å². The van der Waals surface area contributed by atoms with Crippen LogP contribution >= 0.6 is 0 Å². The Kier molecular flexibility index (Phi) is 5.63. The maximum atomic E-state index is 6.52. The van der Waals surface area contributed by atoms with Crippen LogP contribution in [0.25, 0.3) is 56.1 Å². The highest BCUT2D eigenvalue weighted by Crippen LogP contribution is 2.38. The molecule has 1 fully saturated rings. The zero-order chi connectivity index (χ0) is 27.5. The van der Waals surface area contributed by atoms with Crippen LogP contribution in [0.3, 0.4) is 0 Å². The molecule has 6 aromatic rings. The minimum absolute atomic E-state index is 0.417. The van der Waals surface area contributed by atoms with Crippen LogP contribution in [0.5, 0.6) is 0 Å².